The molecule has 0 bridgehead atoms. The highest BCUT2D eigenvalue weighted by molar-refractivity contribution is 7.89. The number of carbonyl (C=O) groups excluding carboxylic acids is 1. The van der Waals surface area contributed by atoms with Gasteiger partial charge in [-0.3, -0.25) is 4.79 Å². The summed E-state index contributed by atoms with van der Waals surface area (Å²) in [6.45, 7) is 1.03. The molecule has 1 rings (SSSR count). The van der Waals surface area contributed by atoms with Crippen molar-refractivity contribution in [1.29, 1.82) is 0 Å². The molecule has 1 aromatic rings. The van der Waals surface area contributed by atoms with Gasteiger partial charge in [0, 0.05) is 19.2 Å². The number of halogens is 1. The summed E-state index contributed by atoms with van der Waals surface area (Å²) in [5.41, 5.74) is 0.109. The van der Waals surface area contributed by atoms with Crippen LogP contribution in [0.25, 0.3) is 0 Å². The van der Waals surface area contributed by atoms with Crippen LogP contribution in [0.5, 0.6) is 0 Å². The zero-order valence-corrected chi connectivity index (χ0v) is 11.0. The minimum Gasteiger partial charge on any atom is -0.325 e. The first-order chi connectivity index (χ1) is 8.43. The molecule has 5 nitrogen and oxygen atoms in total. The van der Waals surface area contributed by atoms with E-state index in [1.54, 1.807) is 6.92 Å². The number of amides is 1. The highest BCUT2D eigenvalue weighted by Gasteiger charge is 2.20. The van der Waals surface area contributed by atoms with Crippen LogP contribution in [0.1, 0.15) is 17.3 Å². The number of alkyl halides is 1. The minimum absolute atomic E-state index is 0.0124. The van der Waals surface area contributed by atoms with Crippen LogP contribution in [0.15, 0.2) is 29.2 Å². The van der Waals surface area contributed by atoms with Crippen LogP contribution in [0.3, 0.4) is 0 Å². The van der Waals surface area contributed by atoms with Gasteiger partial charge in [0.2, 0.25) is 10.0 Å². The lowest BCUT2D eigenvalue weighted by molar-refractivity contribution is 0.0937. The van der Waals surface area contributed by atoms with Crippen molar-refractivity contribution in [3.63, 3.8) is 0 Å². The summed E-state index contributed by atoms with van der Waals surface area (Å²) in [5.74, 6) is -0.645. The lowest BCUT2D eigenvalue weighted by Gasteiger charge is -2.15. The summed E-state index contributed by atoms with van der Waals surface area (Å²) in [6, 6.07) is 5.50. The van der Waals surface area contributed by atoms with E-state index in [1.807, 2.05) is 5.32 Å². The van der Waals surface area contributed by atoms with Gasteiger partial charge in [0.25, 0.3) is 5.91 Å². The molecule has 0 fully saturated rings. The Kier molecular flexibility index (Phi) is 4.80. The Balaban J connectivity index is 3.13. The quantitative estimate of drug-likeness (QED) is 0.814. The molecule has 0 spiro atoms. The topological polar surface area (TPSA) is 66.5 Å². The van der Waals surface area contributed by atoms with E-state index in [-0.39, 0.29) is 10.5 Å². The van der Waals surface area contributed by atoms with Gasteiger partial charge in [0.05, 0.1) is 4.90 Å². The third-order valence-electron chi connectivity index (χ3n) is 2.48. The summed E-state index contributed by atoms with van der Waals surface area (Å²) < 4.78 is 37.2. The van der Waals surface area contributed by atoms with Crippen molar-refractivity contribution in [3.05, 3.63) is 29.8 Å². The van der Waals surface area contributed by atoms with Crippen molar-refractivity contribution in [1.82, 2.24) is 9.62 Å². The highest BCUT2D eigenvalue weighted by atomic mass is 32.2. The molecule has 0 aliphatic carbocycles. The average molecular weight is 274 g/mol. The molecule has 0 radical (unpaired) electrons. The molecule has 1 aromatic carbocycles. The van der Waals surface area contributed by atoms with Gasteiger partial charge < -0.3 is 5.32 Å². The van der Waals surface area contributed by atoms with Gasteiger partial charge in [0.15, 0.2) is 6.80 Å². The van der Waals surface area contributed by atoms with E-state index < -0.39 is 22.7 Å². The van der Waals surface area contributed by atoms with Gasteiger partial charge in [-0.15, -0.1) is 0 Å². The fourth-order valence-electron chi connectivity index (χ4n) is 1.31. The SMILES string of the molecule is CCN(C)S(=O)(=O)c1cccc(C(=O)NCF)c1. The number of hydrogen-bond donors (Lipinski definition) is 1. The van der Waals surface area contributed by atoms with E-state index >= 15 is 0 Å². The maximum atomic E-state index is 12.0. The van der Waals surface area contributed by atoms with E-state index in [4.69, 9.17) is 0 Å². The van der Waals surface area contributed by atoms with Crippen LogP contribution in [0.2, 0.25) is 0 Å². The number of hydrogen-bond acceptors (Lipinski definition) is 3. The third kappa shape index (κ3) is 3.05. The second kappa shape index (κ2) is 5.92. The smallest absolute Gasteiger partial charge is 0.253 e. The van der Waals surface area contributed by atoms with Crippen molar-refractivity contribution in [2.45, 2.75) is 11.8 Å². The number of nitrogens with zero attached hydrogens (tertiary/aromatic N) is 1. The van der Waals surface area contributed by atoms with Gasteiger partial charge >= 0.3 is 0 Å². The van der Waals surface area contributed by atoms with Crippen LogP contribution < -0.4 is 5.32 Å². The van der Waals surface area contributed by atoms with Gasteiger partial charge in [-0.25, -0.2) is 17.1 Å². The third-order valence-corrected chi connectivity index (χ3v) is 4.41. The number of sulfonamides is 1. The predicted octanol–water partition coefficient (Wildman–Crippen LogP) is 0.984. The summed E-state index contributed by atoms with van der Waals surface area (Å²) >= 11 is 0. The predicted molar refractivity (Wildman–Crippen MR) is 65.4 cm³/mol. The Hall–Kier alpha value is -1.47. The standard InChI is InChI=1S/C11H15FN2O3S/c1-3-14(2)18(16,17)10-6-4-5-9(7-10)11(15)13-8-12/h4-7H,3,8H2,1-2H3,(H,13,15). The van der Waals surface area contributed by atoms with Gasteiger partial charge in [0.1, 0.15) is 0 Å². The zero-order chi connectivity index (χ0) is 13.8. The van der Waals surface area contributed by atoms with Crippen LogP contribution in [-0.4, -0.2) is 39.0 Å². The normalized spacial score (nSPS) is 11.6. The Labute approximate surface area is 106 Å². The number of rotatable bonds is 5. The Morgan fingerprint density at radius 1 is 1.44 bits per heavy atom. The summed E-state index contributed by atoms with van der Waals surface area (Å²) in [6.07, 6.45) is 0. The molecule has 18 heavy (non-hydrogen) atoms. The summed E-state index contributed by atoms with van der Waals surface area (Å²) in [7, 11) is -2.15. The largest absolute Gasteiger partial charge is 0.325 e. The van der Waals surface area contributed by atoms with Crippen molar-refractivity contribution < 1.29 is 17.6 Å². The van der Waals surface area contributed by atoms with Crippen LogP contribution in [0.4, 0.5) is 4.39 Å². The molecule has 100 valence electrons. The van der Waals surface area contributed by atoms with Crippen molar-refractivity contribution in [2.75, 3.05) is 20.4 Å². The van der Waals surface area contributed by atoms with Crippen LogP contribution in [0, 0.1) is 0 Å². The fraction of sp³-hybridized carbons (Fsp3) is 0.364. The lowest BCUT2D eigenvalue weighted by atomic mass is 10.2. The molecule has 0 heterocycles. The van der Waals surface area contributed by atoms with Gasteiger partial charge in [-0.1, -0.05) is 13.0 Å². The summed E-state index contributed by atoms with van der Waals surface area (Å²) in [4.78, 5) is 11.4. The highest BCUT2D eigenvalue weighted by Crippen LogP contribution is 2.15. The molecule has 0 unspecified atom stereocenters. The number of benzene rings is 1. The van der Waals surface area contributed by atoms with E-state index in [2.05, 4.69) is 0 Å². The van der Waals surface area contributed by atoms with E-state index in [0.717, 1.165) is 0 Å². The summed E-state index contributed by atoms with van der Waals surface area (Å²) in [5, 5.41) is 1.97. The fourth-order valence-corrected chi connectivity index (χ4v) is 2.54. The Morgan fingerprint density at radius 2 is 2.11 bits per heavy atom. The van der Waals surface area contributed by atoms with Gasteiger partial charge in [-0.05, 0) is 18.2 Å². The minimum atomic E-state index is -3.60. The lowest BCUT2D eigenvalue weighted by Crippen LogP contribution is -2.27. The molecule has 1 N–H and O–H groups in total. The molecule has 1 amide bonds. The van der Waals surface area contributed by atoms with Crippen molar-refractivity contribution in [2.24, 2.45) is 0 Å². The maximum Gasteiger partial charge on any atom is 0.253 e. The molecular formula is C11H15FN2O3S. The van der Waals surface area contributed by atoms with Crippen LogP contribution >= 0.6 is 0 Å². The average Bonchev–Trinajstić information content (AvgIpc) is 2.38. The molecule has 0 atom stereocenters. The monoisotopic (exact) mass is 274 g/mol. The van der Waals surface area contributed by atoms with Crippen molar-refractivity contribution >= 4 is 15.9 Å². The molecule has 0 saturated heterocycles. The number of carbonyl (C=O) groups is 1. The molecule has 0 aliphatic heterocycles. The van der Waals surface area contributed by atoms with E-state index in [1.165, 1.54) is 35.6 Å². The molecule has 0 aromatic heterocycles. The second-order valence-corrected chi connectivity index (χ2v) is 5.63. The van der Waals surface area contributed by atoms with E-state index in [0.29, 0.717) is 6.54 Å². The van der Waals surface area contributed by atoms with Crippen LogP contribution in [-0.2, 0) is 10.0 Å². The van der Waals surface area contributed by atoms with E-state index in [9.17, 15) is 17.6 Å². The maximum absolute atomic E-state index is 12.0. The first-order valence-corrected chi connectivity index (χ1v) is 6.78. The second-order valence-electron chi connectivity index (χ2n) is 3.59. The Bertz CT molecular complexity index is 531. The van der Waals surface area contributed by atoms with Gasteiger partial charge in [-0.2, -0.15) is 0 Å². The molecule has 0 saturated carbocycles. The first-order valence-electron chi connectivity index (χ1n) is 5.34. The molecule has 7 heteroatoms. The molecular weight excluding hydrogens is 259 g/mol. The Morgan fingerprint density at radius 3 is 2.67 bits per heavy atom. The first kappa shape index (κ1) is 14.6. The van der Waals surface area contributed by atoms with Crippen molar-refractivity contribution in [3.8, 4) is 0 Å². The zero-order valence-electron chi connectivity index (χ0n) is 10.2. The molecule has 0 aliphatic rings. The number of nitrogens with one attached hydrogen (secondary N) is 1.